The van der Waals surface area contributed by atoms with Crippen LogP contribution in [0.25, 0.3) is 16.9 Å². The van der Waals surface area contributed by atoms with Gasteiger partial charge in [-0.25, -0.2) is 4.68 Å². The third-order valence-electron chi connectivity index (χ3n) is 5.06. The molecule has 9 heteroatoms. The van der Waals surface area contributed by atoms with Crippen molar-refractivity contribution in [3.8, 4) is 28.4 Å². The molecule has 0 spiro atoms. The van der Waals surface area contributed by atoms with E-state index >= 15 is 0 Å². The highest BCUT2D eigenvalue weighted by molar-refractivity contribution is 5.99. The number of para-hydroxylation sites is 1. The molecule has 0 fully saturated rings. The highest BCUT2D eigenvalue weighted by atomic mass is 19.3. The number of amides is 1. The molecule has 4 aromatic rings. The van der Waals surface area contributed by atoms with Crippen molar-refractivity contribution in [1.82, 2.24) is 20.1 Å². The summed E-state index contributed by atoms with van der Waals surface area (Å²) in [6, 6.07) is 17.8. The van der Waals surface area contributed by atoms with Crippen molar-refractivity contribution in [2.24, 2.45) is 0 Å². The van der Waals surface area contributed by atoms with E-state index in [1.54, 1.807) is 41.5 Å². The Morgan fingerprint density at radius 3 is 2.62 bits per heavy atom. The number of hydrogen-bond acceptors (Lipinski definition) is 5. The molecule has 0 aliphatic carbocycles. The van der Waals surface area contributed by atoms with Crippen molar-refractivity contribution in [2.75, 3.05) is 13.7 Å². The molecular weight excluding hydrogens is 442 g/mol. The van der Waals surface area contributed by atoms with Crippen molar-refractivity contribution in [1.29, 1.82) is 0 Å². The van der Waals surface area contributed by atoms with Crippen LogP contribution in [0.5, 0.6) is 11.5 Å². The Morgan fingerprint density at radius 2 is 1.91 bits per heavy atom. The van der Waals surface area contributed by atoms with Crippen LogP contribution in [0.4, 0.5) is 8.78 Å². The van der Waals surface area contributed by atoms with E-state index in [9.17, 15) is 13.6 Å². The van der Waals surface area contributed by atoms with Gasteiger partial charge in [-0.1, -0.05) is 24.3 Å². The van der Waals surface area contributed by atoms with Crippen LogP contribution in [0.3, 0.4) is 0 Å². The van der Waals surface area contributed by atoms with Crippen LogP contribution in [-0.4, -0.2) is 40.9 Å². The van der Waals surface area contributed by atoms with Crippen molar-refractivity contribution in [2.45, 2.75) is 13.0 Å². The summed E-state index contributed by atoms with van der Waals surface area (Å²) in [6.45, 7) is -2.62. The molecule has 2 aromatic carbocycles. The number of hydrogen-bond donors (Lipinski definition) is 1. The van der Waals surface area contributed by atoms with Gasteiger partial charge in [-0.05, 0) is 48.4 Å². The zero-order valence-corrected chi connectivity index (χ0v) is 18.3. The number of aromatic nitrogens is 3. The zero-order valence-electron chi connectivity index (χ0n) is 18.3. The molecule has 4 rings (SSSR count). The predicted octanol–water partition coefficient (Wildman–Crippen LogP) is 4.52. The van der Waals surface area contributed by atoms with Crippen molar-refractivity contribution < 1.29 is 23.0 Å². The topological polar surface area (TPSA) is 78.3 Å². The molecule has 2 heterocycles. The molecule has 0 atom stereocenters. The number of carbonyl (C=O) groups is 1. The molecule has 2 aromatic heterocycles. The minimum Gasteiger partial charge on any atom is -0.493 e. The van der Waals surface area contributed by atoms with Gasteiger partial charge in [0.15, 0.2) is 11.5 Å². The van der Waals surface area contributed by atoms with E-state index < -0.39 is 6.61 Å². The Balaban J connectivity index is 1.50. The first-order valence-electron chi connectivity index (χ1n) is 10.5. The van der Waals surface area contributed by atoms with Crippen LogP contribution < -0.4 is 14.8 Å². The summed E-state index contributed by atoms with van der Waals surface area (Å²) in [7, 11) is 1.38. The number of methoxy groups -OCH3 is 1. The number of benzene rings is 2. The second-order valence-corrected chi connectivity index (χ2v) is 7.28. The summed E-state index contributed by atoms with van der Waals surface area (Å²) in [4.78, 5) is 17.2. The number of pyridine rings is 1. The third kappa shape index (κ3) is 5.37. The van der Waals surface area contributed by atoms with Gasteiger partial charge in [-0.2, -0.15) is 13.9 Å². The fourth-order valence-corrected chi connectivity index (χ4v) is 3.45. The van der Waals surface area contributed by atoms with Gasteiger partial charge in [0.1, 0.15) is 5.69 Å². The molecule has 0 aliphatic heterocycles. The SMILES string of the molecule is COc1cc(CCNC(=O)c2cn(-c3ccccc3)nc2-c2cccnc2)ccc1OC(F)F. The van der Waals surface area contributed by atoms with Gasteiger partial charge in [-0.3, -0.25) is 9.78 Å². The normalized spacial score (nSPS) is 10.8. The molecule has 1 N–H and O–H groups in total. The van der Waals surface area contributed by atoms with Crippen LogP contribution in [0.1, 0.15) is 15.9 Å². The van der Waals surface area contributed by atoms with Crippen LogP contribution in [0.2, 0.25) is 0 Å². The average Bonchev–Trinajstić information content (AvgIpc) is 3.31. The second-order valence-electron chi connectivity index (χ2n) is 7.28. The van der Waals surface area contributed by atoms with Gasteiger partial charge in [-0.15, -0.1) is 0 Å². The summed E-state index contributed by atoms with van der Waals surface area (Å²) in [5.74, 6) is -0.127. The van der Waals surface area contributed by atoms with Gasteiger partial charge in [0, 0.05) is 30.7 Å². The molecule has 0 radical (unpaired) electrons. The van der Waals surface area contributed by atoms with Crippen LogP contribution in [0.15, 0.2) is 79.3 Å². The number of ether oxygens (including phenoxy) is 2. The highest BCUT2D eigenvalue weighted by Gasteiger charge is 2.19. The largest absolute Gasteiger partial charge is 0.493 e. The lowest BCUT2D eigenvalue weighted by molar-refractivity contribution is -0.0512. The molecular formula is C25H22F2N4O3. The van der Waals surface area contributed by atoms with Crippen LogP contribution in [0, 0.1) is 0 Å². The van der Waals surface area contributed by atoms with E-state index in [-0.39, 0.29) is 17.4 Å². The molecule has 0 saturated heterocycles. The molecule has 0 saturated carbocycles. The van der Waals surface area contributed by atoms with E-state index in [0.717, 1.165) is 16.8 Å². The minimum atomic E-state index is -2.94. The zero-order chi connectivity index (χ0) is 23.9. The second kappa shape index (κ2) is 10.6. The summed E-state index contributed by atoms with van der Waals surface area (Å²) in [5, 5.41) is 7.52. The van der Waals surface area contributed by atoms with E-state index in [2.05, 4.69) is 20.1 Å². The smallest absolute Gasteiger partial charge is 0.387 e. The Labute approximate surface area is 195 Å². The quantitative estimate of drug-likeness (QED) is 0.394. The molecule has 174 valence electrons. The van der Waals surface area contributed by atoms with E-state index in [0.29, 0.717) is 24.2 Å². The van der Waals surface area contributed by atoms with E-state index in [1.807, 2.05) is 36.4 Å². The lowest BCUT2D eigenvalue weighted by Gasteiger charge is -2.11. The number of nitrogens with one attached hydrogen (secondary N) is 1. The summed E-state index contributed by atoms with van der Waals surface area (Å²) in [5.41, 5.74) is 3.28. The molecule has 0 unspecified atom stereocenters. The monoisotopic (exact) mass is 464 g/mol. The van der Waals surface area contributed by atoms with Crippen molar-refractivity contribution in [3.63, 3.8) is 0 Å². The molecule has 7 nitrogen and oxygen atoms in total. The van der Waals surface area contributed by atoms with Gasteiger partial charge in [0.25, 0.3) is 5.91 Å². The van der Waals surface area contributed by atoms with Crippen molar-refractivity contribution in [3.05, 3.63) is 90.4 Å². The number of nitrogens with zero attached hydrogens (tertiary/aromatic N) is 3. The fourth-order valence-electron chi connectivity index (χ4n) is 3.45. The lowest BCUT2D eigenvalue weighted by atomic mass is 10.1. The van der Waals surface area contributed by atoms with Gasteiger partial charge in [0.2, 0.25) is 0 Å². The van der Waals surface area contributed by atoms with Crippen LogP contribution in [-0.2, 0) is 6.42 Å². The Kier molecular flexibility index (Phi) is 7.12. The van der Waals surface area contributed by atoms with Crippen LogP contribution >= 0.6 is 0 Å². The van der Waals surface area contributed by atoms with Gasteiger partial charge in [0.05, 0.1) is 18.4 Å². The summed E-state index contributed by atoms with van der Waals surface area (Å²) >= 11 is 0. The standard InChI is InChI=1S/C25H22F2N4O3/c1-33-22-14-17(9-10-21(22)34-25(26)27)11-13-29-24(32)20-16-31(19-7-3-2-4-8-19)30-23(20)18-6-5-12-28-15-18/h2-10,12,14-16,25H,11,13H2,1H3,(H,29,32). The first kappa shape index (κ1) is 22.9. The molecule has 1 amide bonds. The summed E-state index contributed by atoms with van der Waals surface area (Å²) in [6.07, 6.45) is 5.46. The average molecular weight is 464 g/mol. The Hall–Kier alpha value is -4.27. The Bertz CT molecular complexity index is 1250. The first-order chi connectivity index (χ1) is 16.5. The maximum atomic E-state index is 13.1. The Morgan fingerprint density at radius 1 is 1.09 bits per heavy atom. The highest BCUT2D eigenvalue weighted by Crippen LogP contribution is 2.29. The minimum absolute atomic E-state index is 0.0419. The molecule has 0 bridgehead atoms. The van der Waals surface area contributed by atoms with E-state index in [4.69, 9.17) is 4.74 Å². The third-order valence-corrected chi connectivity index (χ3v) is 5.06. The lowest BCUT2D eigenvalue weighted by Crippen LogP contribution is -2.25. The maximum Gasteiger partial charge on any atom is 0.387 e. The first-order valence-corrected chi connectivity index (χ1v) is 10.5. The maximum absolute atomic E-state index is 13.1. The fraction of sp³-hybridized carbons (Fsp3) is 0.160. The number of alkyl halides is 2. The van der Waals surface area contributed by atoms with Gasteiger partial charge < -0.3 is 14.8 Å². The predicted molar refractivity (Wildman–Crippen MR) is 122 cm³/mol. The molecule has 34 heavy (non-hydrogen) atoms. The van der Waals surface area contributed by atoms with Gasteiger partial charge >= 0.3 is 6.61 Å². The number of rotatable bonds is 9. The van der Waals surface area contributed by atoms with E-state index in [1.165, 1.54) is 13.2 Å². The number of carbonyl (C=O) groups excluding carboxylic acids is 1. The molecule has 0 aliphatic rings. The van der Waals surface area contributed by atoms with Crippen molar-refractivity contribution >= 4 is 5.91 Å². The number of halogens is 2. The summed E-state index contributed by atoms with van der Waals surface area (Å²) < 4.78 is 36.3.